The van der Waals surface area contributed by atoms with Gasteiger partial charge >= 0.3 is 24.4 Å². The molecule has 0 bridgehead atoms. The Kier molecular flexibility index (Phi) is 35.1. The summed E-state index contributed by atoms with van der Waals surface area (Å²) >= 11 is 0. The van der Waals surface area contributed by atoms with Gasteiger partial charge in [-0.15, -0.1) is 0 Å². The van der Waals surface area contributed by atoms with Gasteiger partial charge in [0.1, 0.15) is 22.4 Å². The largest absolute Gasteiger partial charge is 0.444 e. The molecule has 0 spiro atoms. The fourth-order valence-electron chi connectivity index (χ4n) is 6.73. The van der Waals surface area contributed by atoms with Gasteiger partial charge in [-0.25, -0.2) is 19.2 Å². The number of carbonyl (C=O) groups excluding carboxylic acids is 4. The van der Waals surface area contributed by atoms with Crippen molar-refractivity contribution >= 4 is 24.4 Å². The molecule has 0 atom stereocenters. The average Bonchev–Trinajstić information content (AvgIpc) is 3.19. The summed E-state index contributed by atoms with van der Waals surface area (Å²) < 4.78 is 21.0. The standard InChI is InChI=1S/C30H53N3O4.C23H47N3O4/c1-29(2,3)36-27(34)31-21-16-11-9-7-8-10-12-17-23-33(25-26-19-14-13-15-20-26)24-18-22-32-28(35)37-30(4,5)6;1-22(2,3)29-20(27)25-18-14-12-10-8-7-9-11-13-16-24-17-15-19-26-21(28)30-23(4,5)6/h13-15,19-20H,7-12,16-18,21-25H2,1-6H3,(H,31,34)(H,32,35);24H,7-19H2,1-6H3,(H,25,27)(H,26,28). The van der Waals surface area contributed by atoms with Crippen LogP contribution in [0.15, 0.2) is 30.3 Å². The number of hydrogen-bond acceptors (Lipinski definition) is 10. The number of unbranched alkanes of at least 4 members (excludes halogenated alkanes) is 14. The van der Waals surface area contributed by atoms with Gasteiger partial charge in [-0.1, -0.05) is 107 Å². The summed E-state index contributed by atoms with van der Waals surface area (Å²) in [6, 6.07) is 10.6. The fourth-order valence-corrected chi connectivity index (χ4v) is 6.73. The third-order valence-corrected chi connectivity index (χ3v) is 9.78. The summed E-state index contributed by atoms with van der Waals surface area (Å²) in [5, 5.41) is 14.7. The minimum Gasteiger partial charge on any atom is -0.444 e. The SMILES string of the molecule is CC(C)(C)OC(=O)NCCCCCCCCCCN(CCCNC(=O)OC(C)(C)C)Cc1ccccc1.CC(C)(C)OC(=O)NCCCCCCCCCCNCCCNC(=O)OC(C)(C)C. The van der Waals surface area contributed by atoms with Crippen LogP contribution in [0.2, 0.25) is 0 Å². The Morgan fingerprint density at radius 3 is 1.03 bits per heavy atom. The van der Waals surface area contributed by atoms with E-state index in [9.17, 15) is 19.2 Å². The number of rotatable bonds is 32. The molecule has 67 heavy (non-hydrogen) atoms. The van der Waals surface area contributed by atoms with Crippen LogP contribution < -0.4 is 26.6 Å². The van der Waals surface area contributed by atoms with Crippen molar-refractivity contribution in [3.8, 4) is 0 Å². The summed E-state index contributed by atoms with van der Waals surface area (Å²) in [4.78, 5) is 49.0. The van der Waals surface area contributed by atoms with E-state index < -0.39 is 22.4 Å². The number of ether oxygens (including phenoxy) is 4. The monoisotopic (exact) mass is 949 g/mol. The molecule has 0 aliphatic rings. The molecule has 0 fully saturated rings. The number of alkyl carbamates (subject to hydrolysis) is 4. The molecule has 14 heteroatoms. The third kappa shape index (κ3) is 48.5. The molecular weight excluding hydrogens is 849 g/mol. The van der Waals surface area contributed by atoms with Gasteiger partial charge in [0.05, 0.1) is 0 Å². The quantitative estimate of drug-likeness (QED) is 0.0346. The molecule has 4 amide bonds. The summed E-state index contributed by atoms with van der Waals surface area (Å²) in [7, 11) is 0. The molecule has 0 saturated heterocycles. The molecule has 1 rings (SSSR count). The molecule has 5 N–H and O–H groups in total. The smallest absolute Gasteiger partial charge is 0.407 e. The Balaban J connectivity index is 0.00000133. The van der Waals surface area contributed by atoms with Gasteiger partial charge in [-0.05, 0) is 147 Å². The second kappa shape index (κ2) is 37.2. The second-order valence-electron chi connectivity index (χ2n) is 21.6. The van der Waals surface area contributed by atoms with Crippen molar-refractivity contribution in [2.24, 2.45) is 0 Å². The van der Waals surface area contributed by atoms with Crippen LogP contribution in [0.4, 0.5) is 19.2 Å². The topological polar surface area (TPSA) is 169 Å². The van der Waals surface area contributed by atoms with Crippen LogP contribution in [0.5, 0.6) is 0 Å². The van der Waals surface area contributed by atoms with Crippen molar-refractivity contribution in [1.82, 2.24) is 31.5 Å². The molecular formula is C53H100N6O8. The minimum absolute atomic E-state index is 0.324. The van der Waals surface area contributed by atoms with E-state index in [1.165, 1.54) is 82.6 Å². The third-order valence-electron chi connectivity index (χ3n) is 9.78. The predicted octanol–water partition coefficient (Wildman–Crippen LogP) is 12.2. The van der Waals surface area contributed by atoms with Gasteiger partial charge in [0.15, 0.2) is 0 Å². The molecule has 14 nitrogen and oxygen atoms in total. The predicted molar refractivity (Wildman–Crippen MR) is 275 cm³/mol. The van der Waals surface area contributed by atoms with Crippen LogP contribution in [-0.4, -0.2) is 104 Å². The molecule has 390 valence electrons. The first kappa shape index (κ1) is 63.2. The number of nitrogens with one attached hydrogen (secondary N) is 5. The number of nitrogens with zero attached hydrogens (tertiary/aromatic N) is 1. The highest BCUT2D eigenvalue weighted by molar-refractivity contribution is 5.68. The summed E-state index contributed by atoms with van der Waals surface area (Å²) in [5.74, 6) is 0. The van der Waals surface area contributed by atoms with Crippen molar-refractivity contribution in [2.75, 3.05) is 52.4 Å². The Hall–Kier alpha value is -3.78. The van der Waals surface area contributed by atoms with E-state index in [4.69, 9.17) is 18.9 Å². The van der Waals surface area contributed by atoms with Gasteiger partial charge in [0, 0.05) is 39.3 Å². The lowest BCUT2D eigenvalue weighted by molar-refractivity contribution is 0.0514. The van der Waals surface area contributed by atoms with Crippen LogP contribution >= 0.6 is 0 Å². The van der Waals surface area contributed by atoms with Crippen LogP contribution in [-0.2, 0) is 25.5 Å². The molecule has 0 heterocycles. The molecule has 0 radical (unpaired) electrons. The lowest BCUT2D eigenvalue weighted by atomic mass is 10.1. The molecule has 0 unspecified atom stereocenters. The minimum atomic E-state index is -0.470. The van der Waals surface area contributed by atoms with Crippen molar-refractivity contribution in [3.63, 3.8) is 0 Å². The van der Waals surface area contributed by atoms with E-state index in [2.05, 4.69) is 61.8 Å². The van der Waals surface area contributed by atoms with E-state index >= 15 is 0 Å². The Labute approximate surface area is 408 Å². The zero-order valence-corrected chi connectivity index (χ0v) is 44.7. The van der Waals surface area contributed by atoms with Crippen LogP contribution in [0.1, 0.15) is 204 Å². The Morgan fingerprint density at radius 1 is 0.373 bits per heavy atom. The van der Waals surface area contributed by atoms with Gasteiger partial charge in [0.25, 0.3) is 0 Å². The summed E-state index contributed by atoms with van der Waals surface area (Å²) in [6.07, 6.45) is 19.6. The molecule has 0 saturated carbocycles. The number of carbonyl (C=O) groups is 4. The molecule has 0 aromatic heterocycles. The normalized spacial score (nSPS) is 11.8. The van der Waals surface area contributed by atoms with Crippen molar-refractivity contribution < 1.29 is 38.1 Å². The van der Waals surface area contributed by atoms with Crippen molar-refractivity contribution in [3.05, 3.63) is 35.9 Å². The van der Waals surface area contributed by atoms with Gasteiger partial charge in [-0.3, -0.25) is 4.90 Å². The highest BCUT2D eigenvalue weighted by Crippen LogP contribution is 2.13. The van der Waals surface area contributed by atoms with Gasteiger partial charge in [-0.2, -0.15) is 0 Å². The maximum absolute atomic E-state index is 11.9. The summed E-state index contributed by atoms with van der Waals surface area (Å²) in [6.45, 7) is 30.0. The van der Waals surface area contributed by atoms with Crippen molar-refractivity contribution in [2.45, 2.75) is 228 Å². The van der Waals surface area contributed by atoms with E-state index in [0.717, 1.165) is 71.2 Å². The van der Waals surface area contributed by atoms with Crippen LogP contribution in [0, 0.1) is 0 Å². The Bertz CT molecular complexity index is 1360. The van der Waals surface area contributed by atoms with E-state index in [1.54, 1.807) is 0 Å². The zero-order chi connectivity index (χ0) is 50.5. The molecule has 0 aliphatic carbocycles. The zero-order valence-electron chi connectivity index (χ0n) is 44.7. The highest BCUT2D eigenvalue weighted by Gasteiger charge is 2.18. The first-order valence-electron chi connectivity index (χ1n) is 25.8. The average molecular weight is 949 g/mol. The van der Waals surface area contributed by atoms with Crippen LogP contribution in [0.3, 0.4) is 0 Å². The van der Waals surface area contributed by atoms with E-state index in [0.29, 0.717) is 26.2 Å². The van der Waals surface area contributed by atoms with E-state index in [1.807, 2.05) is 83.1 Å². The number of amides is 4. The maximum atomic E-state index is 11.9. The number of hydrogen-bond donors (Lipinski definition) is 5. The van der Waals surface area contributed by atoms with Crippen LogP contribution in [0.25, 0.3) is 0 Å². The first-order valence-corrected chi connectivity index (χ1v) is 25.8. The molecule has 0 aliphatic heterocycles. The van der Waals surface area contributed by atoms with Crippen molar-refractivity contribution in [1.29, 1.82) is 0 Å². The molecule has 1 aromatic carbocycles. The Morgan fingerprint density at radius 2 is 0.657 bits per heavy atom. The number of benzene rings is 1. The second-order valence-corrected chi connectivity index (χ2v) is 21.6. The highest BCUT2D eigenvalue weighted by atomic mass is 16.6. The lowest BCUT2D eigenvalue weighted by Crippen LogP contribution is -2.34. The van der Waals surface area contributed by atoms with E-state index in [-0.39, 0.29) is 24.4 Å². The molecule has 1 aromatic rings. The summed E-state index contributed by atoms with van der Waals surface area (Å²) in [5.41, 5.74) is -0.465. The maximum Gasteiger partial charge on any atom is 0.407 e. The lowest BCUT2D eigenvalue weighted by Gasteiger charge is -2.23. The van der Waals surface area contributed by atoms with Gasteiger partial charge < -0.3 is 45.5 Å². The first-order chi connectivity index (χ1) is 31.4. The fraction of sp³-hybridized carbons (Fsp3) is 0.811. The van der Waals surface area contributed by atoms with Gasteiger partial charge in [0.2, 0.25) is 0 Å².